The normalized spacial score (nSPS) is 10.8. The van der Waals surface area contributed by atoms with Gasteiger partial charge in [-0.3, -0.25) is 4.79 Å². The first-order valence-corrected chi connectivity index (χ1v) is 10.0. The molecule has 0 fully saturated rings. The van der Waals surface area contributed by atoms with Crippen molar-refractivity contribution in [3.05, 3.63) is 64.3 Å². The smallest absolute Gasteiger partial charge is 0.234 e. The van der Waals surface area contributed by atoms with Gasteiger partial charge in [-0.1, -0.05) is 29.5 Å². The number of benzene rings is 2. The highest BCUT2D eigenvalue weighted by molar-refractivity contribution is 8.01. The van der Waals surface area contributed by atoms with E-state index in [1.165, 1.54) is 40.8 Å². The van der Waals surface area contributed by atoms with E-state index in [2.05, 4.69) is 22.4 Å². The van der Waals surface area contributed by atoms with Crippen LogP contribution in [0.5, 0.6) is 0 Å². The lowest BCUT2D eigenvalue weighted by Gasteiger charge is -2.12. The number of aryl methyl sites for hydroxylation is 3. The van der Waals surface area contributed by atoms with Crippen LogP contribution in [-0.4, -0.2) is 16.6 Å². The van der Waals surface area contributed by atoms with Gasteiger partial charge >= 0.3 is 0 Å². The van der Waals surface area contributed by atoms with Gasteiger partial charge in [0.1, 0.15) is 5.82 Å². The molecule has 1 N–H and O–H groups in total. The minimum atomic E-state index is -0.267. The van der Waals surface area contributed by atoms with Crippen molar-refractivity contribution in [2.45, 2.75) is 25.1 Å². The lowest BCUT2D eigenvalue weighted by molar-refractivity contribution is -0.113. The molecule has 0 radical (unpaired) electrons. The molecule has 3 nitrogen and oxygen atoms in total. The Morgan fingerprint density at radius 3 is 2.46 bits per heavy atom. The number of nitrogens with one attached hydrogen (secondary N) is 1. The zero-order chi connectivity index (χ0) is 18.7. The summed E-state index contributed by atoms with van der Waals surface area (Å²) in [6, 6.07) is 10.4. The van der Waals surface area contributed by atoms with Crippen LogP contribution in [-0.2, 0) is 4.79 Å². The molecule has 3 aromatic rings. The maximum Gasteiger partial charge on any atom is 0.234 e. The fraction of sp³-hybridized carbons (Fsp3) is 0.200. The Hall–Kier alpha value is -2.18. The first kappa shape index (κ1) is 18.6. The number of rotatable bonds is 5. The van der Waals surface area contributed by atoms with E-state index < -0.39 is 0 Å². The molecule has 6 heteroatoms. The summed E-state index contributed by atoms with van der Waals surface area (Å²) in [7, 11) is 0. The minimum Gasteiger partial charge on any atom is -0.325 e. The minimum absolute atomic E-state index is 0.0522. The highest BCUT2D eigenvalue weighted by Crippen LogP contribution is 2.29. The van der Waals surface area contributed by atoms with E-state index >= 15 is 0 Å². The van der Waals surface area contributed by atoms with Gasteiger partial charge in [-0.05, 0) is 56.2 Å². The Morgan fingerprint density at radius 2 is 1.81 bits per heavy atom. The third kappa shape index (κ3) is 4.51. The molecule has 0 bridgehead atoms. The number of amides is 1. The number of thiazole rings is 1. The molecule has 0 aliphatic heterocycles. The maximum absolute atomic E-state index is 13.0. The van der Waals surface area contributed by atoms with Gasteiger partial charge < -0.3 is 5.32 Å². The Labute approximate surface area is 160 Å². The van der Waals surface area contributed by atoms with Gasteiger partial charge in [-0.15, -0.1) is 11.3 Å². The van der Waals surface area contributed by atoms with E-state index in [1.54, 1.807) is 12.1 Å². The number of hydrogen-bond acceptors (Lipinski definition) is 4. The van der Waals surface area contributed by atoms with Crippen molar-refractivity contribution in [3.63, 3.8) is 0 Å². The first-order chi connectivity index (χ1) is 12.4. The van der Waals surface area contributed by atoms with Crippen LogP contribution in [0.2, 0.25) is 0 Å². The maximum atomic E-state index is 13.0. The molecule has 26 heavy (non-hydrogen) atoms. The summed E-state index contributed by atoms with van der Waals surface area (Å²) in [4.78, 5) is 16.8. The first-order valence-electron chi connectivity index (χ1n) is 8.14. The van der Waals surface area contributed by atoms with Crippen molar-refractivity contribution in [1.82, 2.24) is 4.98 Å². The van der Waals surface area contributed by atoms with Crippen LogP contribution in [0, 0.1) is 26.6 Å². The SMILES string of the molecule is Cc1cc(C)c(NC(=O)CSc2nc(-c3ccc(F)cc3)cs2)c(C)c1. The monoisotopic (exact) mass is 386 g/mol. The van der Waals surface area contributed by atoms with Crippen LogP contribution < -0.4 is 5.32 Å². The van der Waals surface area contributed by atoms with Crippen molar-refractivity contribution in [3.8, 4) is 11.3 Å². The number of halogens is 1. The number of carbonyl (C=O) groups is 1. The third-order valence-electron chi connectivity index (χ3n) is 3.89. The number of hydrogen-bond donors (Lipinski definition) is 1. The van der Waals surface area contributed by atoms with E-state index in [1.807, 2.05) is 26.2 Å². The molecule has 1 heterocycles. The van der Waals surface area contributed by atoms with Crippen molar-refractivity contribution in [2.24, 2.45) is 0 Å². The Balaban J connectivity index is 1.61. The summed E-state index contributed by atoms with van der Waals surface area (Å²) in [6.07, 6.45) is 0. The number of aromatic nitrogens is 1. The zero-order valence-corrected chi connectivity index (χ0v) is 16.4. The topological polar surface area (TPSA) is 42.0 Å². The summed E-state index contributed by atoms with van der Waals surface area (Å²) in [5.74, 6) is -0.0242. The van der Waals surface area contributed by atoms with E-state index in [0.717, 1.165) is 32.4 Å². The van der Waals surface area contributed by atoms with Gasteiger partial charge in [0.15, 0.2) is 4.34 Å². The molecular formula is C20H19FN2OS2. The Morgan fingerprint density at radius 1 is 1.15 bits per heavy atom. The van der Waals surface area contributed by atoms with Crippen molar-refractivity contribution >= 4 is 34.7 Å². The summed E-state index contributed by atoms with van der Waals surface area (Å²) < 4.78 is 13.8. The van der Waals surface area contributed by atoms with Crippen LogP contribution >= 0.6 is 23.1 Å². The fourth-order valence-corrected chi connectivity index (χ4v) is 4.39. The van der Waals surface area contributed by atoms with Crippen LogP contribution in [0.1, 0.15) is 16.7 Å². The van der Waals surface area contributed by atoms with Gasteiger partial charge in [0.25, 0.3) is 0 Å². The lowest BCUT2D eigenvalue weighted by Crippen LogP contribution is -2.15. The van der Waals surface area contributed by atoms with Gasteiger partial charge in [0.2, 0.25) is 5.91 Å². The number of carbonyl (C=O) groups excluding carboxylic acids is 1. The summed E-state index contributed by atoms with van der Waals surface area (Å²) in [5, 5.41) is 4.91. The second-order valence-corrected chi connectivity index (χ2v) is 8.20. The van der Waals surface area contributed by atoms with Crippen LogP contribution in [0.15, 0.2) is 46.1 Å². The quantitative estimate of drug-likeness (QED) is 0.580. The zero-order valence-electron chi connectivity index (χ0n) is 14.8. The van der Waals surface area contributed by atoms with E-state index in [-0.39, 0.29) is 11.7 Å². The second-order valence-electron chi connectivity index (χ2n) is 6.12. The van der Waals surface area contributed by atoms with Crippen LogP contribution in [0.3, 0.4) is 0 Å². The predicted molar refractivity (Wildman–Crippen MR) is 108 cm³/mol. The molecule has 0 saturated heterocycles. The van der Waals surface area contributed by atoms with Gasteiger partial charge in [0.05, 0.1) is 11.4 Å². The molecule has 0 aliphatic rings. The molecule has 0 saturated carbocycles. The highest BCUT2D eigenvalue weighted by Gasteiger charge is 2.11. The number of anilines is 1. The number of nitrogens with zero attached hydrogens (tertiary/aromatic N) is 1. The molecule has 134 valence electrons. The largest absolute Gasteiger partial charge is 0.325 e. The Kier molecular flexibility index (Phi) is 5.74. The molecular weight excluding hydrogens is 367 g/mol. The van der Waals surface area contributed by atoms with Gasteiger partial charge in [-0.2, -0.15) is 0 Å². The Bertz CT molecular complexity index is 912. The summed E-state index contributed by atoms with van der Waals surface area (Å²) >= 11 is 2.89. The fourth-order valence-electron chi connectivity index (χ4n) is 2.76. The molecule has 0 spiro atoms. The van der Waals surface area contributed by atoms with E-state index in [9.17, 15) is 9.18 Å². The molecule has 1 amide bonds. The van der Waals surface area contributed by atoms with Crippen molar-refractivity contribution < 1.29 is 9.18 Å². The van der Waals surface area contributed by atoms with Crippen molar-refractivity contribution in [1.29, 1.82) is 0 Å². The summed E-state index contributed by atoms with van der Waals surface area (Å²) in [5.41, 5.74) is 5.85. The van der Waals surface area contributed by atoms with Gasteiger partial charge in [0, 0.05) is 16.6 Å². The molecule has 1 aromatic heterocycles. The molecule has 0 unspecified atom stereocenters. The van der Waals surface area contributed by atoms with Gasteiger partial charge in [-0.25, -0.2) is 9.37 Å². The molecule has 3 rings (SSSR count). The third-order valence-corrected chi connectivity index (χ3v) is 5.91. The standard InChI is InChI=1S/C20H19FN2OS2/c1-12-8-13(2)19(14(3)9-12)23-18(24)11-26-20-22-17(10-25-20)15-4-6-16(21)7-5-15/h4-10H,11H2,1-3H3,(H,23,24). The van der Waals surface area contributed by atoms with Crippen LogP contribution in [0.25, 0.3) is 11.3 Å². The van der Waals surface area contributed by atoms with Crippen LogP contribution in [0.4, 0.5) is 10.1 Å². The van der Waals surface area contributed by atoms with Crippen molar-refractivity contribution in [2.75, 3.05) is 11.1 Å². The average Bonchev–Trinajstić information content (AvgIpc) is 3.06. The summed E-state index contributed by atoms with van der Waals surface area (Å²) in [6.45, 7) is 6.04. The molecule has 0 atom stereocenters. The second kappa shape index (κ2) is 8.01. The highest BCUT2D eigenvalue weighted by atomic mass is 32.2. The van der Waals surface area contributed by atoms with E-state index in [0.29, 0.717) is 5.75 Å². The average molecular weight is 387 g/mol. The lowest BCUT2D eigenvalue weighted by atomic mass is 10.1. The van der Waals surface area contributed by atoms with E-state index in [4.69, 9.17) is 0 Å². The number of thioether (sulfide) groups is 1. The molecule has 0 aliphatic carbocycles. The molecule has 2 aromatic carbocycles. The predicted octanol–water partition coefficient (Wildman–Crippen LogP) is 5.61.